The van der Waals surface area contributed by atoms with E-state index in [0.717, 1.165) is 0 Å². The Morgan fingerprint density at radius 3 is 2.33 bits per heavy atom. The van der Waals surface area contributed by atoms with E-state index in [-0.39, 0.29) is 23.5 Å². The summed E-state index contributed by atoms with van der Waals surface area (Å²) in [5.41, 5.74) is 0.383. The van der Waals surface area contributed by atoms with Gasteiger partial charge in [0, 0.05) is 0 Å². The summed E-state index contributed by atoms with van der Waals surface area (Å²) in [6.07, 6.45) is -0.114. The van der Waals surface area contributed by atoms with Crippen LogP contribution in [0.3, 0.4) is 0 Å². The van der Waals surface area contributed by atoms with E-state index in [1.165, 1.54) is 33.5 Å². The van der Waals surface area contributed by atoms with Crippen LogP contribution in [0, 0.1) is 0 Å². The smallest absolute Gasteiger partial charge is 0.342 e. The number of phenolic OH excluding ortho intramolecular Hbond substituents is 1. The average Bonchev–Trinajstić information content (AvgIpc) is 2.39. The summed E-state index contributed by atoms with van der Waals surface area (Å²) in [5.74, 6) is -1.43. The summed E-state index contributed by atoms with van der Waals surface area (Å²) in [6, 6.07) is 2.78. The molecular weight excluding hydrogens is 240 g/mol. The zero-order chi connectivity index (χ0) is 13.7. The van der Waals surface area contributed by atoms with Crippen molar-refractivity contribution in [2.45, 2.75) is 6.42 Å². The first-order chi connectivity index (χ1) is 8.54. The predicted octanol–water partition coefficient (Wildman–Crippen LogP) is 0.903. The van der Waals surface area contributed by atoms with Gasteiger partial charge in [-0.2, -0.15) is 0 Å². The van der Waals surface area contributed by atoms with Gasteiger partial charge >= 0.3 is 11.9 Å². The quantitative estimate of drug-likeness (QED) is 0.804. The second-order valence-corrected chi connectivity index (χ2v) is 3.40. The van der Waals surface area contributed by atoms with Crippen LogP contribution in [0.2, 0.25) is 0 Å². The molecule has 0 saturated carbocycles. The minimum Gasteiger partial charge on any atom is -0.504 e. The molecule has 0 amide bonds. The molecule has 1 rings (SSSR count). The van der Waals surface area contributed by atoms with Crippen molar-refractivity contribution in [3.63, 3.8) is 0 Å². The summed E-state index contributed by atoms with van der Waals surface area (Å²) in [6.45, 7) is 0. The number of carbonyl (C=O) groups is 2. The van der Waals surface area contributed by atoms with Crippen LogP contribution in [-0.2, 0) is 20.7 Å². The van der Waals surface area contributed by atoms with Gasteiger partial charge in [-0.15, -0.1) is 0 Å². The van der Waals surface area contributed by atoms with Crippen LogP contribution in [-0.4, -0.2) is 38.4 Å². The third-order valence-electron chi connectivity index (χ3n) is 2.38. The van der Waals surface area contributed by atoms with Crippen LogP contribution in [0.25, 0.3) is 0 Å². The van der Waals surface area contributed by atoms with Crippen molar-refractivity contribution in [1.82, 2.24) is 0 Å². The van der Waals surface area contributed by atoms with Crippen molar-refractivity contribution in [3.8, 4) is 11.5 Å². The minimum atomic E-state index is -0.693. The molecule has 0 aliphatic rings. The van der Waals surface area contributed by atoms with Crippen molar-refractivity contribution < 1.29 is 28.9 Å². The molecule has 0 unspecified atom stereocenters. The summed E-state index contributed by atoms with van der Waals surface area (Å²) < 4.78 is 14.1. The lowest BCUT2D eigenvalue weighted by molar-refractivity contribution is -0.139. The predicted molar refractivity (Wildman–Crippen MR) is 61.7 cm³/mol. The molecule has 0 fully saturated rings. The Balaban J connectivity index is 3.32. The number of aromatic hydroxyl groups is 1. The van der Waals surface area contributed by atoms with Crippen LogP contribution < -0.4 is 4.74 Å². The van der Waals surface area contributed by atoms with E-state index in [0.29, 0.717) is 5.56 Å². The van der Waals surface area contributed by atoms with Gasteiger partial charge in [0.1, 0.15) is 5.56 Å². The molecular formula is C12H14O6. The Kier molecular flexibility index (Phi) is 4.53. The van der Waals surface area contributed by atoms with Gasteiger partial charge in [-0.25, -0.2) is 4.79 Å². The second kappa shape index (κ2) is 5.90. The molecule has 0 heterocycles. The minimum absolute atomic E-state index is 0.0189. The topological polar surface area (TPSA) is 82.1 Å². The van der Waals surface area contributed by atoms with Crippen LogP contribution >= 0.6 is 0 Å². The molecule has 1 aromatic carbocycles. The van der Waals surface area contributed by atoms with E-state index in [4.69, 9.17) is 4.74 Å². The molecule has 6 heteroatoms. The molecule has 0 spiro atoms. The Morgan fingerprint density at radius 2 is 1.83 bits per heavy atom. The van der Waals surface area contributed by atoms with Gasteiger partial charge in [0.25, 0.3) is 0 Å². The number of hydrogen-bond donors (Lipinski definition) is 1. The van der Waals surface area contributed by atoms with Gasteiger partial charge in [0.15, 0.2) is 11.5 Å². The fourth-order valence-electron chi connectivity index (χ4n) is 1.52. The average molecular weight is 254 g/mol. The highest BCUT2D eigenvalue weighted by Crippen LogP contribution is 2.33. The number of phenols is 1. The van der Waals surface area contributed by atoms with E-state index < -0.39 is 11.9 Å². The lowest BCUT2D eigenvalue weighted by Crippen LogP contribution is -2.12. The SMILES string of the molecule is COC(=O)Cc1ccc(O)c(OC)c1C(=O)OC. The lowest BCUT2D eigenvalue weighted by atomic mass is 10.0. The highest BCUT2D eigenvalue weighted by molar-refractivity contribution is 5.96. The monoisotopic (exact) mass is 254 g/mol. The maximum absolute atomic E-state index is 11.7. The number of rotatable bonds is 4. The first-order valence-corrected chi connectivity index (χ1v) is 5.09. The molecule has 0 bridgehead atoms. The zero-order valence-electron chi connectivity index (χ0n) is 10.4. The molecule has 6 nitrogen and oxygen atoms in total. The number of benzene rings is 1. The highest BCUT2D eigenvalue weighted by Gasteiger charge is 2.22. The largest absolute Gasteiger partial charge is 0.504 e. The highest BCUT2D eigenvalue weighted by atomic mass is 16.5. The summed E-state index contributed by atoms with van der Waals surface area (Å²) in [4.78, 5) is 22.9. The molecule has 0 aromatic heterocycles. The van der Waals surface area contributed by atoms with Gasteiger partial charge in [0.2, 0.25) is 0 Å². The van der Waals surface area contributed by atoms with E-state index in [2.05, 4.69) is 9.47 Å². The number of methoxy groups -OCH3 is 3. The number of esters is 2. The van der Waals surface area contributed by atoms with Crippen molar-refractivity contribution in [2.24, 2.45) is 0 Å². The molecule has 0 saturated heterocycles. The van der Waals surface area contributed by atoms with E-state index >= 15 is 0 Å². The Morgan fingerprint density at radius 1 is 1.17 bits per heavy atom. The third-order valence-corrected chi connectivity index (χ3v) is 2.38. The van der Waals surface area contributed by atoms with Crippen LogP contribution in [0.4, 0.5) is 0 Å². The van der Waals surface area contributed by atoms with Crippen molar-refractivity contribution in [3.05, 3.63) is 23.3 Å². The van der Waals surface area contributed by atoms with Gasteiger partial charge in [0.05, 0.1) is 27.8 Å². The van der Waals surface area contributed by atoms with Crippen LogP contribution in [0.5, 0.6) is 11.5 Å². The summed E-state index contributed by atoms with van der Waals surface area (Å²) in [5, 5.41) is 9.60. The molecule has 1 N–H and O–H groups in total. The molecule has 0 aliphatic heterocycles. The van der Waals surface area contributed by atoms with Crippen LogP contribution in [0.15, 0.2) is 12.1 Å². The molecule has 1 aromatic rings. The maximum Gasteiger partial charge on any atom is 0.342 e. The fraction of sp³-hybridized carbons (Fsp3) is 0.333. The van der Waals surface area contributed by atoms with Crippen molar-refractivity contribution in [2.75, 3.05) is 21.3 Å². The molecule has 0 aliphatic carbocycles. The van der Waals surface area contributed by atoms with E-state index in [9.17, 15) is 14.7 Å². The third kappa shape index (κ3) is 2.71. The van der Waals surface area contributed by atoms with E-state index in [1.54, 1.807) is 0 Å². The lowest BCUT2D eigenvalue weighted by Gasteiger charge is -2.12. The Hall–Kier alpha value is -2.24. The Labute approximate surface area is 104 Å². The molecule has 18 heavy (non-hydrogen) atoms. The first-order valence-electron chi connectivity index (χ1n) is 5.09. The fourth-order valence-corrected chi connectivity index (χ4v) is 1.52. The van der Waals surface area contributed by atoms with Crippen molar-refractivity contribution >= 4 is 11.9 Å². The molecule has 0 radical (unpaired) electrons. The number of ether oxygens (including phenoxy) is 3. The van der Waals surface area contributed by atoms with Gasteiger partial charge in [-0.05, 0) is 11.6 Å². The van der Waals surface area contributed by atoms with Crippen LogP contribution in [0.1, 0.15) is 15.9 Å². The van der Waals surface area contributed by atoms with Gasteiger partial charge in [-0.1, -0.05) is 6.07 Å². The van der Waals surface area contributed by atoms with Gasteiger partial charge < -0.3 is 19.3 Å². The summed E-state index contributed by atoms with van der Waals surface area (Å²) >= 11 is 0. The summed E-state index contributed by atoms with van der Waals surface area (Å²) in [7, 11) is 3.76. The number of carbonyl (C=O) groups excluding carboxylic acids is 2. The standard InChI is InChI=1S/C12H14O6/c1-16-9(14)6-7-4-5-8(13)11(17-2)10(7)12(15)18-3/h4-5,13H,6H2,1-3H3. The van der Waals surface area contributed by atoms with Crippen molar-refractivity contribution in [1.29, 1.82) is 0 Å². The Bertz CT molecular complexity index is 466. The maximum atomic E-state index is 11.7. The van der Waals surface area contributed by atoms with Gasteiger partial charge in [-0.3, -0.25) is 4.79 Å². The number of hydrogen-bond acceptors (Lipinski definition) is 6. The molecule has 98 valence electrons. The zero-order valence-corrected chi connectivity index (χ0v) is 10.4. The van der Waals surface area contributed by atoms with E-state index in [1.807, 2.05) is 0 Å². The first kappa shape index (κ1) is 13.8. The molecule has 0 atom stereocenters. The normalized spacial score (nSPS) is 9.72. The second-order valence-electron chi connectivity index (χ2n) is 3.40.